The molecule has 1 heterocycles. The average molecular weight is 439 g/mol. The number of rotatable bonds is 4. The maximum Gasteiger partial charge on any atom is 0.238 e. The second kappa shape index (κ2) is 7.94. The molecule has 6 heteroatoms. The fraction of sp³-hybridized carbons (Fsp3) is 0.278. The van der Waals surface area contributed by atoms with Crippen LogP contribution in [0.2, 0.25) is 0 Å². The van der Waals surface area contributed by atoms with Crippen LogP contribution in [-0.4, -0.2) is 43.5 Å². The van der Waals surface area contributed by atoms with Crippen LogP contribution in [-0.2, 0) is 4.79 Å². The number of hydrogen-bond acceptors (Lipinski definition) is 3. The van der Waals surface area contributed by atoms with Gasteiger partial charge in [-0.3, -0.25) is 9.69 Å². The van der Waals surface area contributed by atoms with Gasteiger partial charge in [0.1, 0.15) is 5.82 Å². The molecule has 1 N–H and O–H groups in total. The zero-order valence-corrected chi connectivity index (χ0v) is 15.4. The number of benzene rings is 2. The Balaban J connectivity index is 1.48. The zero-order valence-electron chi connectivity index (χ0n) is 13.2. The van der Waals surface area contributed by atoms with E-state index in [1.165, 1.54) is 12.1 Å². The lowest BCUT2D eigenvalue weighted by atomic mass is 10.2. The molecule has 0 aromatic heterocycles. The molecular weight excluding hydrogens is 420 g/mol. The smallest absolute Gasteiger partial charge is 0.238 e. The summed E-state index contributed by atoms with van der Waals surface area (Å²) in [5.41, 5.74) is 1.86. The maximum atomic E-state index is 13.0. The molecule has 1 aliphatic rings. The number of anilines is 2. The highest BCUT2D eigenvalue weighted by atomic mass is 127. The number of hydrogen-bond donors (Lipinski definition) is 1. The maximum absolute atomic E-state index is 13.0. The fourth-order valence-electron chi connectivity index (χ4n) is 2.79. The largest absolute Gasteiger partial charge is 0.369 e. The standard InChI is InChI=1S/C18H19FIN3O/c19-14-4-6-17(7-5-14)23-10-8-22(9-11-23)13-18(24)21-16-3-1-2-15(20)12-16/h1-7,12H,8-11,13H2,(H,21,24). The average Bonchev–Trinajstić information content (AvgIpc) is 2.56. The van der Waals surface area contributed by atoms with Gasteiger partial charge in [0, 0.05) is 41.1 Å². The number of piperazine rings is 1. The highest BCUT2D eigenvalue weighted by molar-refractivity contribution is 14.1. The van der Waals surface area contributed by atoms with E-state index < -0.39 is 0 Å². The molecule has 1 aliphatic heterocycles. The summed E-state index contributed by atoms with van der Waals surface area (Å²) in [6.07, 6.45) is 0. The van der Waals surface area contributed by atoms with Crippen molar-refractivity contribution in [2.45, 2.75) is 0 Å². The van der Waals surface area contributed by atoms with Gasteiger partial charge in [0.2, 0.25) is 5.91 Å². The number of carbonyl (C=O) groups excluding carboxylic acids is 1. The minimum absolute atomic E-state index is 0.00670. The van der Waals surface area contributed by atoms with Crippen molar-refractivity contribution in [3.05, 3.63) is 57.9 Å². The van der Waals surface area contributed by atoms with Gasteiger partial charge in [0.15, 0.2) is 0 Å². The van der Waals surface area contributed by atoms with E-state index >= 15 is 0 Å². The first kappa shape index (κ1) is 17.2. The summed E-state index contributed by atoms with van der Waals surface area (Å²) in [6.45, 7) is 3.70. The van der Waals surface area contributed by atoms with Crippen LogP contribution < -0.4 is 10.2 Å². The predicted molar refractivity (Wildman–Crippen MR) is 103 cm³/mol. The molecule has 2 aromatic rings. The molecule has 0 unspecified atom stereocenters. The molecule has 1 amide bonds. The van der Waals surface area contributed by atoms with E-state index in [1.807, 2.05) is 24.3 Å². The quantitative estimate of drug-likeness (QED) is 0.744. The topological polar surface area (TPSA) is 35.6 Å². The minimum atomic E-state index is -0.218. The van der Waals surface area contributed by atoms with Crippen molar-refractivity contribution < 1.29 is 9.18 Å². The van der Waals surface area contributed by atoms with Gasteiger partial charge in [-0.05, 0) is 65.1 Å². The van der Waals surface area contributed by atoms with Crippen LogP contribution in [0.4, 0.5) is 15.8 Å². The summed E-state index contributed by atoms with van der Waals surface area (Å²) in [4.78, 5) is 16.5. The Labute approximate surface area is 154 Å². The van der Waals surface area contributed by atoms with E-state index in [4.69, 9.17) is 0 Å². The minimum Gasteiger partial charge on any atom is -0.369 e. The molecule has 1 fully saturated rings. The Morgan fingerprint density at radius 1 is 1.08 bits per heavy atom. The first-order chi connectivity index (χ1) is 11.6. The summed E-state index contributed by atoms with van der Waals surface area (Å²) < 4.78 is 14.1. The molecule has 1 saturated heterocycles. The second-order valence-corrected chi connectivity index (χ2v) is 7.04. The van der Waals surface area contributed by atoms with E-state index in [1.54, 1.807) is 12.1 Å². The molecule has 0 aliphatic carbocycles. The highest BCUT2D eigenvalue weighted by Gasteiger charge is 2.19. The first-order valence-electron chi connectivity index (χ1n) is 7.88. The van der Waals surface area contributed by atoms with E-state index in [0.717, 1.165) is 41.1 Å². The molecule has 0 saturated carbocycles. The van der Waals surface area contributed by atoms with Gasteiger partial charge >= 0.3 is 0 Å². The van der Waals surface area contributed by atoms with E-state index in [9.17, 15) is 9.18 Å². The third kappa shape index (κ3) is 4.67. The molecule has 0 spiro atoms. The van der Waals surface area contributed by atoms with Crippen LogP contribution >= 0.6 is 22.6 Å². The van der Waals surface area contributed by atoms with E-state index in [2.05, 4.69) is 37.7 Å². The normalized spacial score (nSPS) is 15.3. The Morgan fingerprint density at radius 3 is 2.46 bits per heavy atom. The molecule has 0 atom stereocenters. The van der Waals surface area contributed by atoms with Gasteiger partial charge in [-0.2, -0.15) is 0 Å². The Bertz CT molecular complexity index is 700. The van der Waals surface area contributed by atoms with Crippen molar-refractivity contribution in [3.63, 3.8) is 0 Å². The Hall–Kier alpha value is -1.67. The monoisotopic (exact) mass is 439 g/mol. The number of amides is 1. The molecule has 3 rings (SSSR count). The Kier molecular flexibility index (Phi) is 5.68. The SMILES string of the molecule is O=C(CN1CCN(c2ccc(F)cc2)CC1)Nc1cccc(I)c1. The van der Waals surface area contributed by atoms with Crippen molar-refractivity contribution in [3.8, 4) is 0 Å². The van der Waals surface area contributed by atoms with Crippen molar-refractivity contribution in [2.75, 3.05) is 42.9 Å². The van der Waals surface area contributed by atoms with Crippen molar-refractivity contribution in [1.82, 2.24) is 4.90 Å². The van der Waals surface area contributed by atoms with Gasteiger partial charge in [0.05, 0.1) is 6.54 Å². The highest BCUT2D eigenvalue weighted by Crippen LogP contribution is 2.17. The number of nitrogens with one attached hydrogen (secondary N) is 1. The van der Waals surface area contributed by atoms with Gasteiger partial charge < -0.3 is 10.2 Å². The van der Waals surface area contributed by atoms with Crippen molar-refractivity contribution >= 4 is 39.9 Å². The summed E-state index contributed by atoms with van der Waals surface area (Å²) in [5.74, 6) is -0.211. The van der Waals surface area contributed by atoms with Crippen LogP contribution in [0, 0.1) is 9.39 Å². The summed E-state index contributed by atoms with van der Waals surface area (Å²) in [5, 5.41) is 2.94. The van der Waals surface area contributed by atoms with E-state index in [0.29, 0.717) is 6.54 Å². The lowest BCUT2D eigenvalue weighted by molar-refractivity contribution is -0.117. The summed E-state index contributed by atoms with van der Waals surface area (Å²) in [6, 6.07) is 14.3. The fourth-order valence-corrected chi connectivity index (χ4v) is 3.33. The van der Waals surface area contributed by atoms with Crippen molar-refractivity contribution in [1.29, 1.82) is 0 Å². The van der Waals surface area contributed by atoms with Crippen LogP contribution in [0.15, 0.2) is 48.5 Å². The Morgan fingerprint density at radius 2 is 1.79 bits per heavy atom. The molecule has 24 heavy (non-hydrogen) atoms. The lowest BCUT2D eigenvalue weighted by Gasteiger charge is -2.35. The van der Waals surface area contributed by atoms with Crippen LogP contribution in [0.5, 0.6) is 0 Å². The van der Waals surface area contributed by atoms with E-state index in [-0.39, 0.29) is 11.7 Å². The second-order valence-electron chi connectivity index (χ2n) is 5.80. The summed E-state index contributed by atoms with van der Waals surface area (Å²) in [7, 11) is 0. The van der Waals surface area contributed by atoms with Gasteiger partial charge in [-0.1, -0.05) is 6.07 Å². The van der Waals surface area contributed by atoms with Crippen molar-refractivity contribution in [2.24, 2.45) is 0 Å². The van der Waals surface area contributed by atoms with Crippen LogP contribution in [0.3, 0.4) is 0 Å². The van der Waals surface area contributed by atoms with Crippen LogP contribution in [0.1, 0.15) is 0 Å². The molecular formula is C18H19FIN3O. The lowest BCUT2D eigenvalue weighted by Crippen LogP contribution is -2.48. The third-order valence-corrected chi connectivity index (χ3v) is 4.71. The number of halogens is 2. The van der Waals surface area contributed by atoms with Gasteiger partial charge in [-0.25, -0.2) is 4.39 Å². The molecule has 2 aromatic carbocycles. The third-order valence-electron chi connectivity index (χ3n) is 4.04. The molecule has 0 radical (unpaired) electrons. The molecule has 0 bridgehead atoms. The van der Waals surface area contributed by atoms with Crippen LogP contribution in [0.25, 0.3) is 0 Å². The first-order valence-corrected chi connectivity index (χ1v) is 8.96. The zero-order chi connectivity index (χ0) is 16.9. The molecule has 126 valence electrons. The number of carbonyl (C=O) groups is 1. The molecule has 4 nitrogen and oxygen atoms in total. The number of nitrogens with zero attached hydrogens (tertiary/aromatic N) is 2. The predicted octanol–water partition coefficient (Wildman–Crippen LogP) is 3.19. The summed E-state index contributed by atoms with van der Waals surface area (Å²) >= 11 is 2.23. The van der Waals surface area contributed by atoms with Gasteiger partial charge in [0.25, 0.3) is 0 Å². The van der Waals surface area contributed by atoms with Gasteiger partial charge in [-0.15, -0.1) is 0 Å².